The number of anilines is 1. The molecule has 0 bridgehead atoms. The number of carbonyl (C=O) groups is 1. The van der Waals surface area contributed by atoms with E-state index in [1.54, 1.807) is 7.11 Å². The Hall–Kier alpha value is -2.15. The highest BCUT2D eigenvalue weighted by molar-refractivity contribution is 7.09. The molecule has 0 aliphatic heterocycles. The van der Waals surface area contributed by atoms with Gasteiger partial charge in [-0.25, -0.2) is 4.98 Å². The van der Waals surface area contributed by atoms with Gasteiger partial charge in [-0.05, 0) is 31.5 Å². The molecule has 0 unspecified atom stereocenters. The van der Waals surface area contributed by atoms with Crippen LogP contribution < -0.4 is 9.64 Å². The second-order valence-electron chi connectivity index (χ2n) is 5.44. The summed E-state index contributed by atoms with van der Waals surface area (Å²) in [6.07, 6.45) is 0.644. The molecule has 1 heterocycles. The Morgan fingerprint density at radius 3 is 2.71 bits per heavy atom. The van der Waals surface area contributed by atoms with Crippen molar-refractivity contribution in [3.8, 4) is 5.75 Å². The lowest BCUT2D eigenvalue weighted by molar-refractivity contribution is -0.129. The summed E-state index contributed by atoms with van der Waals surface area (Å²) in [5, 5.41) is 0.758. The van der Waals surface area contributed by atoms with Crippen molar-refractivity contribution in [3.05, 3.63) is 35.7 Å². The van der Waals surface area contributed by atoms with Crippen LogP contribution in [0.25, 0.3) is 0 Å². The second-order valence-corrected chi connectivity index (χ2v) is 6.17. The zero-order chi connectivity index (χ0) is 17.5. The Kier molecular flexibility index (Phi) is 6.54. The maximum absolute atomic E-state index is 12.2. The summed E-state index contributed by atoms with van der Waals surface area (Å²) in [6.45, 7) is 5.73. The minimum Gasteiger partial charge on any atom is -0.497 e. The van der Waals surface area contributed by atoms with Gasteiger partial charge in [0.15, 0.2) is 0 Å². The lowest BCUT2D eigenvalue weighted by Gasteiger charge is -2.22. The number of methoxy groups -OCH3 is 1. The number of aromatic nitrogens is 2. The lowest BCUT2D eigenvalue weighted by atomic mass is 10.1. The third kappa shape index (κ3) is 4.67. The molecule has 7 heteroatoms. The zero-order valence-electron chi connectivity index (χ0n) is 14.7. The fourth-order valence-corrected chi connectivity index (χ4v) is 3.03. The van der Waals surface area contributed by atoms with Gasteiger partial charge in [0, 0.05) is 38.1 Å². The number of benzene rings is 1. The number of carbonyl (C=O) groups excluding carboxylic acids is 1. The third-order valence-corrected chi connectivity index (χ3v) is 4.64. The molecule has 6 nitrogen and oxygen atoms in total. The number of nitrogens with zero attached hydrogens (tertiary/aromatic N) is 4. The standard InChI is InChI=1S/C17H24N4O2S/c1-5-21(6-2)16(22)12-20(3)17-18-15(19-24-17)11-13-8-7-9-14(10-13)23-4/h7-10H,5-6,11-12H2,1-4H3. The Balaban J connectivity index is 2.00. The summed E-state index contributed by atoms with van der Waals surface area (Å²) in [7, 11) is 3.53. The van der Waals surface area contributed by atoms with Crippen LogP contribution in [0.1, 0.15) is 25.2 Å². The van der Waals surface area contributed by atoms with Gasteiger partial charge >= 0.3 is 0 Å². The highest BCUT2D eigenvalue weighted by Gasteiger charge is 2.16. The van der Waals surface area contributed by atoms with Crippen LogP contribution in [0.2, 0.25) is 0 Å². The first-order valence-corrected chi connectivity index (χ1v) is 8.79. The minimum absolute atomic E-state index is 0.104. The molecule has 2 aromatic rings. The molecule has 1 aromatic carbocycles. The van der Waals surface area contributed by atoms with Gasteiger partial charge in [-0.15, -0.1) is 0 Å². The Morgan fingerprint density at radius 2 is 2.04 bits per heavy atom. The number of hydrogen-bond donors (Lipinski definition) is 0. The van der Waals surface area contributed by atoms with Gasteiger partial charge in [0.25, 0.3) is 0 Å². The van der Waals surface area contributed by atoms with E-state index in [4.69, 9.17) is 4.74 Å². The molecule has 0 N–H and O–H groups in total. The van der Waals surface area contributed by atoms with E-state index in [9.17, 15) is 4.79 Å². The van der Waals surface area contributed by atoms with Crippen LogP contribution in [0.5, 0.6) is 5.75 Å². The van der Waals surface area contributed by atoms with Crippen LogP contribution in [-0.2, 0) is 11.2 Å². The molecule has 0 spiro atoms. The monoisotopic (exact) mass is 348 g/mol. The van der Waals surface area contributed by atoms with E-state index < -0.39 is 0 Å². The number of ether oxygens (including phenoxy) is 1. The summed E-state index contributed by atoms with van der Waals surface area (Å²) in [5.74, 6) is 1.68. The van der Waals surface area contributed by atoms with Crippen LogP contribution >= 0.6 is 11.5 Å². The van der Waals surface area contributed by atoms with Crippen molar-refractivity contribution >= 4 is 22.6 Å². The van der Waals surface area contributed by atoms with E-state index in [-0.39, 0.29) is 5.91 Å². The summed E-state index contributed by atoms with van der Waals surface area (Å²) < 4.78 is 9.64. The highest BCUT2D eigenvalue weighted by Crippen LogP contribution is 2.19. The molecular weight excluding hydrogens is 324 g/mol. The fraction of sp³-hybridized carbons (Fsp3) is 0.471. The van der Waals surface area contributed by atoms with Crippen molar-refractivity contribution in [2.24, 2.45) is 0 Å². The van der Waals surface area contributed by atoms with Gasteiger partial charge in [0.05, 0.1) is 13.7 Å². The molecule has 1 amide bonds. The Morgan fingerprint density at radius 1 is 1.29 bits per heavy atom. The largest absolute Gasteiger partial charge is 0.497 e. The Labute approximate surface area is 147 Å². The van der Waals surface area contributed by atoms with Crippen LogP contribution in [-0.4, -0.2) is 54.0 Å². The smallest absolute Gasteiger partial charge is 0.242 e. The van der Waals surface area contributed by atoms with Crippen molar-refractivity contribution in [1.29, 1.82) is 0 Å². The molecule has 0 saturated heterocycles. The average molecular weight is 348 g/mol. The molecule has 0 aliphatic carbocycles. The van der Waals surface area contributed by atoms with Crippen molar-refractivity contribution in [1.82, 2.24) is 14.3 Å². The number of likely N-dealkylation sites (N-methyl/N-ethyl adjacent to an activating group) is 2. The maximum atomic E-state index is 12.2. The predicted molar refractivity (Wildman–Crippen MR) is 96.9 cm³/mol. The molecule has 24 heavy (non-hydrogen) atoms. The van der Waals surface area contributed by atoms with Gasteiger partial charge in [0.1, 0.15) is 11.6 Å². The molecular formula is C17H24N4O2S. The van der Waals surface area contributed by atoms with Crippen molar-refractivity contribution in [2.75, 3.05) is 38.7 Å². The zero-order valence-corrected chi connectivity index (χ0v) is 15.5. The van der Waals surface area contributed by atoms with Crippen LogP contribution in [0.3, 0.4) is 0 Å². The highest BCUT2D eigenvalue weighted by atomic mass is 32.1. The van der Waals surface area contributed by atoms with E-state index in [1.165, 1.54) is 11.5 Å². The topological polar surface area (TPSA) is 58.6 Å². The van der Waals surface area contributed by atoms with E-state index in [0.717, 1.165) is 35.4 Å². The van der Waals surface area contributed by atoms with Crippen molar-refractivity contribution in [2.45, 2.75) is 20.3 Å². The van der Waals surface area contributed by atoms with Gasteiger partial charge in [-0.3, -0.25) is 4.79 Å². The second kappa shape index (κ2) is 8.63. The molecule has 0 fully saturated rings. The quantitative estimate of drug-likeness (QED) is 0.733. The summed E-state index contributed by atoms with van der Waals surface area (Å²) >= 11 is 1.32. The maximum Gasteiger partial charge on any atom is 0.242 e. The summed E-state index contributed by atoms with van der Waals surface area (Å²) in [6, 6.07) is 7.87. The van der Waals surface area contributed by atoms with E-state index >= 15 is 0 Å². The first kappa shape index (κ1) is 18.2. The average Bonchev–Trinajstić information content (AvgIpc) is 3.04. The normalized spacial score (nSPS) is 10.5. The molecule has 2 rings (SSSR count). The van der Waals surface area contributed by atoms with Crippen molar-refractivity contribution < 1.29 is 9.53 Å². The van der Waals surface area contributed by atoms with Gasteiger partial charge in [0.2, 0.25) is 11.0 Å². The number of amides is 1. The fourth-order valence-electron chi connectivity index (χ4n) is 2.38. The Bertz CT molecular complexity index is 670. The first-order chi connectivity index (χ1) is 11.6. The van der Waals surface area contributed by atoms with Crippen LogP contribution in [0.4, 0.5) is 5.13 Å². The molecule has 0 radical (unpaired) electrons. The molecule has 0 aliphatic rings. The van der Waals surface area contributed by atoms with Crippen LogP contribution in [0.15, 0.2) is 24.3 Å². The van der Waals surface area contributed by atoms with Gasteiger partial charge < -0.3 is 14.5 Å². The van der Waals surface area contributed by atoms with Gasteiger partial charge in [-0.1, -0.05) is 12.1 Å². The molecule has 0 atom stereocenters. The lowest BCUT2D eigenvalue weighted by Crippen LogP contribution is -2.38. The number of rotatable bonds is 8. The number of hydrogen-bond acceptors (Lipinski definition) is 6. The van der Waals surface area contributed by atoms with Crippen molar-refractivity contribution in [3.63, 3.8) is 0 Å². The first-order valence-electron chi connectivity index (χ1n) is 8.01. The molecule has 1 aromatic heterocycles. The SMILES string of the molecule is CCN(CC)C(=O)CN(C)c1nc(Cc2cccc(OC)c2)ns1. The summed E-state index contributed by atoms with van der Waals surface area (Å²) in [5.41, 5.74) is 1.10. The van der Waals surface area contributed by atoms with E-state index in [2.05, 4.69) is 9.36 Å². The molecule has 0 saturated carbocycles. The van der Waals surface area contributed by atoms with Gasteiger partial charge in [-0.2, -0.15) is 4.37 Å². The molecule has 130 valence electrons. The third-order valence-electron chi connectivity index (χ3n) is 3.77. The predicted octanol–water partition coefficient (Wildman–Crippen LogP) is 2.44. The summed E-state index contributed by atoms with van der Waals surface area (Å²) in [4.78, 5) is 20.4. The van der Waals surface area contributed by atoms with E-state index in [0.29, 0.717) is 13.0 Å². The van der Waals surface area contributed by atoms with E-state index in [1.807, 2.05) is 55.0 Å². The minimum atomic E-state index is 0.104. The van der Waals surface area contributed by atoms with Crippen LogP contribution in [0, 0.1) is 0 Å².